The lowest BCUT2D eigenvalue weighted by Gasteiger charge is -2.04. The first-order valence-electron chi connectivity index (χ1n) is 6.42. The highest BCUT2D eigenvalue weighted by Crippen LogP contribution is 2.20. The number of rotatable bonds is 4. The minimum atomic E-state index is 0.882. The van der Waals surface area contributed by atoms with Crippen LogP contribution >= 0.6 is 0 Å². The minimum absolute atomic E-state index is 0.882. The van der Waals surface area contributed by atoms with Crippen LogP contribution in [0.1, 0.15) is 11.1 Å². The lowest BCUT2D eigenvalue weighted by Crippen LogP contribution is -2.19. The molecular weight excluding hydrogens is 224 g/mol. The molecule has 1 aliphatic heterocycles. The van der Waals surface area contributed by atoms with E-state index in [4.69, 9.17) is 0 Å². The van der Waals surface area contributed by atoms with Crippen molar-refractivity contribution >= 4 is 16.7 Å². The average Bonchev–Trinajstić information content (AvgIpc) is 3.05. The van der Waals surface area contributed by atoms with Crippen LogP contribution in [0.3, 0.4) is 0 Å². The van der Waals surface area contributed by atoms with Gasteiger partial charge in [0.1, 0.15) is 5.84 Å². The van der Waals surface area contributed by atoms with E-state index in [-0.39, 0.29) is 0 Å². The Hall–Kier alpha value is -1.81. The Kier molecular flexibility index (Phi) is 3.02. The van der Waals surface area contributed by atoms with Crippen LogP contribution in [0, 0.1) is 0 Å². The molecule has 0 aliphatic carbocycles. The van der Waals surface area contributed by atoms with Crippen LogP contribution in [0.2, 0.25) is 0 Å². The van der Waals surface area contributed by atoms with Gasteiger partial charge >= 0.3 is 0 Å². The molecular formula is C14H18N4. The van der Waals surface area contributed by atoms with E-state index >= 15 is 0 Å². The van der Waals surface area contributed by atoms with E-state index in [0.29, 0.717) is 0 Å². The molecule has 94 valence electrons. The molecule has 2 heterocycles. The van der Waals surface area contributed by atoms with Crippen molar-refractivity contribution in [3.05, 3.63) is 35.5 Å². The van der Waals surface area contributed by atoms with E-state index < -0.39 is 0 Å². The summed E-state index contributed by atoms with van der Waals surface area (Å²) in [5.74, 6) is 1.03. The van der Waals surface area contributed by atoms with Gasteiger partial charge in [0.05, 0.1) is 6.54 Å². The Bertz CT molecular complexity index is 582. The molecule has 0 bridgehead atoms. The van der Waals surface area contributed by atoms with Crippen molar-refractivity contribution in [3.8, 4) is 0 Å². The summed E-state index contributed by atoms with van der Waals surface area (Å²) in [5.41, 5.74) is 3.74. The maximum atomic E-state index is 4.47. The molecule has 0 spiro atoms. The molecule has 1 aromatic heterocycles. The maximum absolute atomic E-state index is 4.47. The predicted octanol–water partition coefficient (Wildman–Crippen LogP) is 1.28. The topological polar surface area (TPSA) is 52.2 Å². The van der Waals surface area contributed by atoms with Gasteiger partial charge in [0.2, 0.25) is 0 Å². The van der Waals surface area contributed by atoms with Crippen LogP contribution in [-0.2, 0) is 6.42 Å². The second-order valence-electron chi connectivity index (χ2n) is 4.58. The van der Waals surface area contributed by atoms with Gasteiger partial charge in [-0.3, -0.25) is 4.99 Å². The molecule has 0 unspecified atom stereocenters. The number of H-pyrrole nitrogens is 1. The number of aliphatic imine (C=N–C) groups is 1. The molecule has 0 atom stereocenters. The third-order valence-corrected chi connectivity index (χ3v) is 3.36. The van der Waals surface area contributed by atoms with Crippen molar-refractivity contribution in [2.24, 2.45) is 4.99 Å². The summed E-state index contributed by atoms with van der Waals surface area (Å²) in [5, 5.41) is 7.82. The zero-order chi connectivity index (χ0) is 12.4. The largest absolute Gasteiger partial charge is 0.368 e. The van der Waals surface area contributed by atoms with Crippen LogP contribution in [0.4, 0.5) is 0 Å². The predicted molar refractivity (Wildman–Crippen MR) is 75.3 cm³/mol. The summed E-state index contributed by atoms with van der Waals surface area (Å²) in [6.45, 7) is 2.83. The van der Waals surface area contributed by atoms with Crippen LogP contribution in [0.5, 0.6) is 0 Å². The van der Waals surface area contributed by atoms with Crippen LogP contribution in [0.15, 0.2) is 29.4 Å². The van der Waals surface area contributed by atoms with Crippen molar-refractivity contribution in [3.63, 3.8) is 0 Å². The van der Waals surface area contributed by atoms with Crippen molar-refractivity contribution in [2.45, 2.75) is 6.42 Å². The first-order valence-corrected chi connectivity index (χ1v) is 6.42. The summed E-state index contributed by atoms with van der Waals surface area (Å²) in [4.78, 5) is 7.80. The fraction of sp³-hybridized carbons (Fsp3) is 0.357. The van der Waals surface area contributed by atoms with E-state index in [9.17, 15) is 0 Å². The van der Waals surface area contributed by atoms with Crippen molar-refractivity contribution in [1.82, 2.24) is 15.6 Å². The van der Waals surface area contributed by atoms with E-state index in [1.807, 2.05) is 7.05 Å². The Morgan fingerprint density at radius 1 is 1.39 bits per heavy atom. The highest BCUT2D eigenvalue weighted by Gasteiger charge is 2.10. The highest BCUT2D eigenvalue weighted by atomic mass is 15.1. The zero-order valence-corrected chi connectivity index (χ0v) is 10.6. The third kappa shape index (κ3) is 1.99. The van der Waals surface area contributed by atoms with Crippen molar-refractivity contribution < 1.29 is 0 Å². The number of benzene rings is 1. The van der Waals surface area contributed by atoms with Crippen LogP contribution < -0.4 is 10.6 Å². The molecule has 1 aromatic carbocycles. The second-order valence-corrected chi connectivity index (χ2v) is 4.58. The quantitative estimate of drug-likeness (QED) is 0.756. The lowest BCUT2D eigenvalue weighted by atomic mass is 10.1. The Labute approximate surface area is 107 Å². The molecule has 0 radical (unpaired) electrons. The van der Waals surface area contributed by atoms with Gasteiger partial charge in [0, 0.05) is 29.2 Å². The van der Waals surface area contributed by atoms with Crippen LogP contribution in [-0.4, -0.2) is 37.5 Å². The van der Waals surface area contributed by atoms with Crippen LogP contribution in [0.25, 0.3) is 10.9 Å². The van der Waals surface area contributed by atoms with Gasteiger partial charge in [-0.1, -0.05) is 0 Å². The molecule has 18 heavy (non-hydrogen) atoms. The number of hydrogen-bond acceptors (Lipinski definition) is 3. The first kappa shape index (κ1) is 11.3. The maximum Gasteiger partial charge on any atom is 0.128 e. The van der Waals surface area contributed by atoms with Gasteiger partial charge in [0.15, 0.2) is 0 Å². The molecule has 0 saturated heterocycles. The Morgan fingerprint density at radius 3 is 3.11 bits per heavy atom. The number of fused-ring (bicyclic) bond motifs is 1. The minimum Gasteiger partial charge on any atom is -0.368 e. The SMILES string of the molecule is CNCCc1c[nH]c2ccc(C3=NCCN3)cc12. The normalized spacial score (nSPS) is 14.8. The molecule has 4 heteroatoms. The number of likely N-dealkylation sites (N-methyl/N-ethyl adjacent to an activating group) is 1. The number of aromatic nitrogens is 1. The summed E-state index contributed by atoms with van der Waals surface area (Å²) in [6, 6.07) is 6.49. The molecule has 4 nitrogen and oxygen atoms in total. The van der Waals surface area contributed by atoms with Gasteiger partial charge in [0.25, 0.3) is 0 Å². The number of hydrogen-bond donors (Lipinski definition) is 3. The number of nitrogens with zero attached hydrogens (tertiary/aromatic N) is 1. The Morgan fingerprint density at radius 2 is 2.33 bits per heavy atom. The fourth-order valence-corrected chi connectivity index (χ4v) is 2.38. The van der Waals surface area contributed by atoms with Gasteiger partial charge in [-0.15, -0.1) is 0 Å². The molecule has 3 N–H and O–H groups in total. The third-order valence-electron chi connectivity index (χ3n) is 3.36. The number of amidine groups is 1. The highest BCUT2D eigenvalue weighted by molar-refractivity contribution is 6.02. The summed E-state index contributed by atoms with van der Waals surface area (Å²) in [6.07, 6.45) is 3.15. The first-order chi connectivity index (χ1) is 8.88. The van der Waals surface area contributed by atoms with Crippen molar-refractivity contribution in [1.29, 1.82) is 0 Å². The van der Waals surface area contributed by atoms with E-state index in [0.717, 1.165) is 31.9 Å². The fourth-order valence-electron chi connectivity index (χ4n) is 2.38. The molecule has 2 aromatic rings. The van der Waals surface area contributed by atoms with Gasteiger partial charge in [-0.2, -0.15) is 0 Å². The summed E-state index contributed by atoms with van der Waals surface area (Å²) < 4.78 is 0. The monoisotopic (exact) mass is 242 g/mol. The molecule has 3 rings (SSSR count). The molecule has 0 saturated carbocycles. The number of nitrogens with one attached hydrogen (secondary N) is 3. The molecule has 1 aliphatic rings. The zero-order valence-electron chi connectivity index (χ0n) is 10.6. The van der Waals surface area contributed by atoms with Crippen molar-refractivity contribution in [2.75, 3.05) is 26.7 Å². The molecule has 0 amide bonds. The van der Waals surface area contributed by atoms with E-state index in [1.165, 1.54) is 22.0 Å². The van der Waals surface area contributed by atoms with E-state index in [2.05, 4.69) is 45.0 Å². The lowest BCUT2D eigenvalue weighted by molar-refractivity contribution is 0.795. The Balaban J connectivity index is 1.98. The summed E-state index contributed by atoms with van der Waals surface area (Å²) in [7, 11) is 1.98. The van der Waals surface area contributed by atoms with Gasteiger partial charge in [-0.25, -0.2) is 0 Å². The standard InChI is InChI=1S/C14H18N4/c1-15-5-4-11-9-18-13-3-2-10(8-12(11)13)14-16-6-7-17-14/h2-3,8-9,15,18H,4-7H2,1H3,(H,16,17). The molecule has 0 fully saturated rings. The van der Waals surface area contributed by atoms with E-state index in [1.54, 1.807) is 0 Å². The average molecular weight is 242 g/mol. The van der Waals surface area contributed by atoms with Gasteiger partial charge < -0.3 is 15.6 Å². The second kappa shape index (κ2) is 4.82. The van der Waals surface area contributed by atoms with Gasteiger partial charge in [-0.05, 0) is 43.8 Å². The summed E-state index contributed by atoms with van der Waals surface area (Å²) >= 11 is 0. The smallest absolute Gasteiger partial charge is 0.128 e. The number of aromatic amines is 1.